The summed E-state index contributed by atoms with van der Waals surface area (Å²) >= 11 is 0. The van der Waals surface area contributed by atoms with Crippen molar-refractivity contribution in [3.05, 3.63) is 55.2 Å². The largest absolute Gasteiger partial charge is 0.493 e. The molecule has 4 rings (SSSR count). The van der Waals surface area contributed by atoms with E-state index in [0.29, 0.717) is 17.4 Å². The molecule has 0 aliphatic rings. The van der Waals surface area contributed by atoms with Gasteiger partial charge in [-0.3, -0.25) is 4.98 Å². The Hall–Kier alpha value is -3.48. The average Bonchev–Trinajstić information content (AvgIpc) is 3.17. The zero-order valence-electron chi connectivity index (χ0n) is 13.7. The molecule has 7 heteroatoms. The highest BCUT2D eigenvalue weighted by molar-refractivity contribution is 5.82. The Morgan fingerprint density at radius 1 is 0.960 bits per heavy atom. The molecule has 0 fully saturated rings. The number of pyridine rings is 1. The zero-order chi connectivity index (χ0) is 17.2. The molecule has 3 heterocycles. The Bertz CT molecular complexity index is 1030. The van der Waals surface area contributed by atoms with Gasteiger partial charge in [0.1, 0.15) is 0 Å². The van der Waals surface area contributed by atoms with E-state index in [2.05, 4.69) is 20.1 Å². The summed E-state index contributed by atoms with van der Waals surface area (Å²) in [5.41, 5.74) is 2.69. The van der Waals surface area contributed by atoms with E-state index in [1.54, 1.807) is 43.7 Å². The topological polar surface area (TPSA) is 75.0 Å². The van der Waals surface area contributed by atoms with Gasteiger partial charge in [-0.1, -0.05) is 6.07 Å². The van der Waals surface area contributed by atoms with Crippen molar-refractivity contribution in [2.75, 3.05) is 14.2 Å². The minimum Gasteiger partial charge on any atom is -0.493 e. The molecule has 0 spiro atoms. The van der Waals surface area contributed by atoms with E-state index in [4.69, 9.17) is 9.47 Å². The van der Waals surface area contributed by atoms with Crippen LogP contribution < -0.4 is 9.47 Å². The number of hydrogen-bond donors (Lipinski definition) is 0. The molecule has 0 bridgehead atoms. The van der Waals surface area contributed by atoms with Crippen molar-refractivity contribution in [2.24, 2.45) is 0 Å². The van der Waals surface area contributed by atoms with E-state index < -0.39 is 0 Å². The van der Waals surface area contributed by atoms with Crippen LogP contribution in [-0.2, 0) is 0 Å². The summed E-state index contributed by atoms with van der Waals surface area (Å²) in [5, 5.41) is 5.22. The van der Waals surface area contributed by atoms with E-state index >= 15 is 0 Å². The molecule has 7 nitrogen and oxygen atoms in total. The highest BCUT2D eigenvalue weighted by Gasteiger charge is 2.10. The van der Waals surface area contributed by atoms with Crippen LogP contribution in [0.2, 0.25) is 0 Å². The summed E-state index contributed by atoms with van der Waals surface area (Å²) in [5.74, 6) is 1.75. The molecule has 124 valence electrons. The lowest BCUT2D eigenvalue weighted by Gasteiger charge is -2.09. The van der Waals surface area contributed by atoms with Crippen LogP contribution in [0.15, 0.2) is 55.2 Å². The van der Waals surface area contributed by atoms with Gasteiger partial charge in [0, 0.05) is 47.4 Å². The Morgan fingerprint density at radius 2 is 1.80 bits per heavy atom. The third-order valence-electron chi connectivity index (χ3n) is 3.85. The standard InChI is InChI=1S/C18H15N5O2/c1-24-16-6-13-9-20-18(22-15(13)7-17(16)25-2)23-11-14(10-21-23)12-4-3-5-19-8-12/h3-11H,1-2H3. The molecule has 0 atom stereocenters. The number of rotatable bonds is 4. The molecule has 0 radical (unpaired) electrons. The molecule has 0 saturated heterocycles. The Labute approximate surface area is 143 Å². The lowest BCUT2D eigenvalue weighted by molar-refractivity contribution is 0.356. The van der Waals surface area contributed by atoms with Crippen LogP contribution >= 0.6 is 0 Å². The maximum atomic E-state index is 5.34. The minimum absolute atomic E-state index is 0.481. The molecule has 4 aromatic rings. The quantitative estimate of drug-likeness (QED) is 0.572. The summed E-state index contributed by atoms with van der Waals surface area (Å²) in [6, 6.07) is 7.54. The first-order valence-corrected chi connectivity index (χ1v) is 7.62. The van der Waals surface area contributed by atoms with Crippen LogP contribution in [0.1, 0.15) is 0 Å². The second kappa shape index (κ2) is 6.20. The lowest BCUT2D eigenvalue weighted by atomic mass is 10.2. The molecular weight excluding hydrogens is 318 g/mol. The van der Waals surface area contributed by atoms with Crippen molar-refractivity contribution < 1.29 is 9.47 Å². The monoisotopic (exact) mass is 333 g/mol. The maximum absolute atomic E-state index is 5.34. The van der Waals surface area contributed by atoms with Gasteiger partial charge in [-0.25, -0.2) is 14.6 Å². The van der Waals surface area contributed by atoms with Crippen molar-refractivity contribution in [1.29, 1.82) is 0 Å². The summed E-state index contributed by atoms with van der Waals surface area (Å²) in [6.45, 7) is 0. The molecule has 1 aromatic carbocycles. The van der Waals surface area contributed by atoms with Gasteiger partial charge in [-0.05, 0) is 12.1 Å². The highest BCUT2D eigenvalue weighted by Crippen LogP contribution is 2.31. The summed E-state index contributed by atoms with van der Waals surface area (Å²) < 4.78 is 12.3. The van der Waals surface area contributed by atoms with E-state index in [0.717, 1.165) is 22.0 Å². The molecular formula is C18H15N5O2. The number of fused-ring (bicyclic) bond motifs is 1. The number of methoxy groups -OCH3 is 2. The van der Waals surface area contributed by atoms with Crippen molar-refractivity contribution in [3.8, 4) is 28.6 Å². The molecule has 0 N–H and O–H groups in total. The van der Waals surface area contributed by atoms with Crippen molar-refractivity contribution in [1.82, 2.24) is 24.7 Å². The first-order valence-electron chi connectivity index (χ1n) is 7.62. The fraction of sp³-hybridized carbons (Fsp3) is 0.111. The average molecular weight is 333 g/mol. The van der Waals surface area contributed by atoms with Gasteiger partial charge < -0.3 is 9.47 Å². The number of aromatic nitrogens is 5. The minimum atomic E-state index is 0.481. The summed E-state index contributed by atoms with van der Waals surface area (Å²) in [6.07, 6.45) is 8.91. The van der Waals surface area contributed by atoms with Gasteiger partial charge in [0.05, 0.1) is 25.9 Å². The predicted molar refractivity (Wildman–Crippen MR) is 93.0 cm³/mol. The van der Waals surface area contributed by atoms with Gasteiger partial charge in [-0.2, -0.15) is 5.10 Å². The fourth-order valence-electron chi connectivity index (χ4n) is 2.57. The zero-order valence-corrected chi connectivity index (χ0v) is 13.7. The van der Waals surface area contributed by atoms with Gasteiger partial charge in [0.2, 0.25) is 0 Å². The van der Waals surface area contributed by atoms with Crippen LogP contribution in [0.5, 0.6) is 11.5 Å². The molecule has 25 heavy (non-hydrogen) atoms. The molecule has 0 saturated carbocycles. The molecule has 0 amide bonds. The Morgan fingerprint density at radius 3 is 2.56 bits per heavy atom. The Kier molecular flexibility index (Phi) is 3.74. The fourth-order valence-corrected chi connectivity index (χ4v) is 2.57. The van der Waals surface area contributed by atoms with E-state index in [1.807, 2.05) is 30.5 Å². The SMILES string of the molecule is COc1cc2cnc(-n3cc(-c4cccnc4)cn3)nc2cc1OC. The second-order valence-electron chi connectivity index (χ2n) is 5.35. The number of ether oxygens (including phenoxy) is 2. The smallest absolute Gasteiger partial charge is 0.251 e. The summed E-state index contributed by atoms with van der Waals surface area (Å²) in [4.78, 5) is 13.1. The maximum Gasteiger partial charge on any atom is 0.251 e. The first-order chi connectivity index (χ1) is 12.3. The summed E-state index contributed by atoms with van der Waals surface area (Å²) in [7, 11) is 3.20. The number of hydrogen-bond acceptors (Lipinski definition) is 6. The molecule has 3 aromatic heterocycles. The van der Waals surface area contributed by atoms with E-state index in [1.165, 1.54) is 0 Å². The number of benzene rings is 1. The van der Waals surface area contributed by atoms with Crippen LogP contribution in [0.4, 0.5) is 0 Å². The van der Waals surface area contributed by atoms with Crippen LogP contribution in [0.3, 0.4) is 0 Å². The van der Waals surface area contributed by atoms with Crippen LogP contribution in [0.25, 0.3) is 28.0 Å². The van der Waals surface area contributed by atoms with Crippen LogP contribution in [-0.4, -0.2) is 39.0 Å². The Balaban J connectivity index is 1.76. The predicted octanol–water partition coefficient (Wildman–Crippen LogP) is 2.89. The molecule has 0 unspecified atom stereocenters. The normalized spacial score (nSPS) is 10.8. The second-order valence-corrected chi connectivity index (χ2v) is 5.35. The third kappa shape index (κ3) is 2.76. The van der Waals surface area contributed by atoms with E-state index in [-0.39, 0.29) is 0 Å². The van der Waals surface area contributed by atoms with Gasteiger partial charge >= 0.3 is 0 Å². The van der Waals surface area contributed by atoms with Crippen molar-refractivity contribution in [3.63, 3.8) is 0 Å². The van der Waals surface area contributed by atoms with E-state index in [9.17, 15) is 0 Å². The number of nitrogens with zero attached hydrogens (tertiary/aromatic N) is 5. The van der Waals surface area contributed by atoms with Crippen molar-refractivity contribution in [2.45, 2.75) is 0 Å². The van der Waals surface area contributed by atoms with Crippen LogP contribution in [0, 0.1) is 0 Å². The highest BCUT2D eigenvalue weighted by atomic mass is 16.5. The molecule has 0 aliphatic carbocycles. The van der Waals surface area contributed by atoms with Gasteiger partial charge in [0.25, 0.3) is 5.95 Å². The first kappa shape index (κ1) is 15.1. The van der Waals surface area contributed by atoms with Gasteiger partial charge in [0.15, 0.2) is 11.5 Å². The lowest BCUT2D eigenvalue weighted by Crippen LogP contribution is -2.01. The van der Waals surface area contributed by atoms with Crippen molar-refractivity contribution >= 4 is 10.9 Å². The van der Waals surface area contributed by atoms with Gasteiger partial charge in [-0.15, -0.1) is 0 Å². The molecule has 0 aliphatic heterocycles. The third-order valence-corrected chi connectivity index (χ3v) is 3.85.